The number of fused-ring (bicyclic) bond motifs is 1. The molecule has 128 valence electrons. The lowest BCUT2D eigenvalue weighted by Gasteiger charge is -2.06. The lowest BCUT2D eigenvalue weighted by Crippen LogP contribution is -2.13. The second-order valence-electron chi connectivity index (χ2n) is 5.54. The van der Waals surface area contributed by atoms with Gasteiger partial charge in [0.2, 0.25) is 5.91 Å². The van der Waals surface area contributed by atoms with Crippen LogP contribution in [0.3, 0.4) is 0 Å². The molecular weight excluding hydrogens is 344 g/mol. The van der Waals surface area contributed by atoms with Crippen LogP contribution < -0.4 is 5.32 Å². The molecule has 0 radical (unpaired) electrons. The van der Waals surface area contributed by atoms with E-state index >= 15 is 0 Å². The summed E-state index contributed by atoms with van der Waals surface area (Å²) in [4.78, 5) is 27.0. The molecule has 2 aromatic heterocycles. The zero-order chi connectivity index (χ0) is 18.0. The Balaban J connectivity index is 1.70. The molecule has 0 fully saturated rings. The number of pyridine rings is 1. The molecule has 0 spiro atoms. The van der Waals surface area contributed by atoms with Crippen molar-refractivity contribution in [1.29, 1.82) is 0 Å². The van der Waals surface area contributed by atoms with Crippen LogP contribution in [0.15, 0.2) is 42.6 Å². The van der Waals surface area contributed by atoms with Gasteiger partial charge in [-0.2, -0.15) is 0 Å². The highest BCUT2D eigenvalue weighted by Gasteiger charge is 2.15. The minimum absolute atomic E-state index is 0.0318. The molecule has 1 aromatic carbocycles. The Labute approximate surface area is 148 Å². The Kier molecular flexibility index (Phi) is 4.67. The highest BCUT2D eigenvalue weighted by molar-refractivity contribution is 6.32. The summed E-state index contributed by atoms with van der Waals surface area (Å²) in [5, 5.41) is 13.6. The van der Waals surface area contributed by atoms with Gasteiger partial charge in [0, 0.05) is 30.1 Å². The number of hydrogen-bond donors (Lipinski definition) is 1. The van der Waals surface area contributed by atoms with Crippen LogP contribution in [0.2, 0.25) is 5.02 Å². The fraction of sp³-hybridized carbons (Fsp3) is 0.176. The van der Waals surface area contributed by atoms with E-state index in [1.807, 2.05) is 35.7 Å². The van der Waals surface area contributed by atoms with Crippen molar-refractivity contribution < 1.29 is 9.72 Å². The lowest BCUT2D eigenvalue weighted by atomic mass is 10.2. The van der Waals surface area contributed by atoms with Crippen LogP contribution in [0.5, 0.6) is 0 Å². The van der Waals surface area contributed by atoms with Crippen LogP contribution in [0.1, 0.15) is 17.8 Å². The molecule has 2 heterocycles. The largest absolute Gasteiger partial charge is 0.326 e. The first-order chi connectivity index (χ1) is 12.0. The molecule has 0 aliphatic rings. The topological polar surface area (TPSA) is 89.5 Å². The van der Waals surface area contributed by atoms with Gasteiger partial charge >= 0.3 is 0 Å². The number of aryl methyl sites for hydroxylation is 2. The highest BCUT2D eigenvalue weighted by atomic mass is 35.5. The number of nitrogens with zero attached hydrogens (tertiary/aromatic N) is 3. The van der Waals surface area contributed by atoms with Gasteiger partial charge in [-0.05, 0) is 37.6 Å². The summed E-state index contributed by atoms with van der Waals surface area (Å²) in [5.74, 6) is -0.234. The molecule has 7 nitrogen and oxygen atoms in total. The second-order valence-corrected chi connectivity index (χ2v) is 5.95. The molecule has 0 unspecified atom stereocenters. The number of hydrogen-bond acceptors (Lipinski definition) is 4. The number of rotatable bonds is 5. The fourth-order valence-corrected chi connectivity index (χ4v) is 2.84. The first kappa shape index (κ1) is 16.9. The Morgan fingerprint density at radius 1 is 1.36 bits per heavy atom. The molecule has 1 amide bonds. The lowest BCUT2D eigenvalue weighted by molar-refractivity contribution is -0.384. The zero-order valence-electron chi connectivity index (χ0n) is 13.4. The van der Waals surface area contributed by atoms with Crippen molar-refractivity contribution in [2.75, 3.05) is 5.32 Å². The number of imidazole rings is 1. The third kappa shape index (κ3) is 3.61. The van der Waals surface area contributed by atoms with Gasteiger partial charge in [-0.1, -0.05) is 17.7 Å². The number of halogens is 1. The Hall–Kier alpha value is -2.93. The van der Waals surface area contributed by atoms with Gasteiger partial charge in [-0.3, -0.25) is 14.9 Å². The van der Waals surface area contributed by atoms with Crippen LogP contribution in [0.4, 0.5) is 11.4 Å². The van der Waals surface area contributed by atoms with Crippen molar-refractivity contribution in [3.63, 3.8) is 0 Å². The minimum atomic E-state index is -0.584. The number of anilines is 1. The quantitative estimate of drug-likeness (QED) is 0.555. The van der Waals surface area contributed by atoms with Crippen LogP contribution >= 0.6 is 11.6 Å². The van der Waals surface area contributed by atoms with E-state index in [1.54, 1.807) is 0 Å². The highest BCUT2D eigenvalue weighted by Crippen LogP contribution is 2.27. The molecule has 0 saturated carbocycles. The summed E-state index contributed by atoms with van der Waals surface area (Å²) in [5.41, 5.74) is 2.78. The number of nitro groups is 1. The molecule has 0 atom stereocenters. The predicted octanol–water partition coefficient (Wildman–Crippen LogP) is 3.78. The molecule has 3 rings (SSSR count). The normalized spacial score (nSPS) is 10.8. The maximum absolute atomic E-state index is 12.2. The average molecular weight is 359 g/mol. The van der Waals surface area contributed by atoms with E-state index in [0.29, 0.717) is 12.1 Å². The molecule has 1 N–H and O–H groups in total. The molecular formula is C17H15ClN4O3. The maximum Gasteiger partial charge on any atom is 0.289 e. The van der Waals surface area contributed by atoms with Crippen LogP contribution in [0, 0.1) is 17.0 Å². The summed E-state index contributed by atoms with van der Waals surface area (Å²) in [6, 6.07) is 9.90. The van der Waals surface area contributed by atoms with Gasteiger partial charge in [0.05, 0.1) is 10.6 Å². The third-order valence-electron chi connectivity index (χ3n) is 3.84. The van der Waals surface area contributed by atoms with Crippen LogP contribution in [0.25, 0.3) is 5.65 Å². The molecule has 8 heteroatoms. The predicted molar refractivity (Wildman–Crippen MR) is 95.0 cm³/mol. The minimum Gasteiger partial charge on any atom is -0.326 e. The fourth-order valence-electron chi connectivity index (χ4n) is 2.65. The summed E-state index contributed by atoms with van der Waals surface area (Å²) in [6.45, 7) is 1.91. The Morgan fingerprint density at radius 2 is 2.16 bits per heavy atom. The zero-order valence-corrected chi connectivity index (χ0v) is 14.2. The second kappa shape index (κ2) is 6.90. The van der Waals surface area contributed by atoms with E-state index < -0.39 is 4.92 Å². The smallest absolute Gasteiger partial charge is 0.289 e. The first-order valence-electron chi connectivity index (χ1n) is 7.62. The van der Waals surface area contributed by atoms with Crippen molar-refractivity contribution in [1.82, 2.24) is 9.38 Å². The summed E-state index contributed by atoms with van der Waals surface area (Å²) >= 11 is 5.77. The van der Waals surface area contributed by atoms with Crippen LogP contribution in [-0.4, -0.2) is 20.2 Å². The number of carbonyl (C=O) groups excluding carboxylic acids is 1. The van der Waals surface area contributed by atoms with E-state index in [9.17, 15) is 14.9 Å². The van der Waals surface area contributed by atoms with E-state index in [0.717, 1.165) is 17.0 Å². The van der Waals surface area contributed by atoms with Gasteiger partial charge < -0.3 is 9.72 Å². The van der Waals surface area contributed by atoms with Crippen LogP contribution in [-0.2, 0) is 11.2 Å². The van der Waals surface area contributed by atoms with Crippen molar-refractivity contribution in [2.24, 2.45) is 0 Å². The molecule has 0 aliphatic carbocycles. The number of nitro benzene ring substituents is 1. The molecule has 0 aliphatic heterocycles. The molecule has 3 aromatic rings. The number of amides is 1. The third-order valence-corrected chi connectivity index (χ3v) is 4.16. The average Bonchev–Trinajstić information content (AvgIpc) is 2.89. The number of aromatic nitrogens is 2. The van der Waals surface area contributed by atoms with Crippen molar-refractivity contribution in [3.05, 3.63) is 69.1 Å². The molecule has 25 heavy (non-hydrogen) atoms. The van der Waals surface area contributed by atoms with Gasteiger partial charge in [0.1, 0.15) is 10.7 Å². The van der Waals surface area contributed by atoms with Gasteiger partial charge in [-0.15, -0.1) is 0 Å². The molecule has 0 bridgehead atoms. The van der Waals surface area contributed by atoms with E-state index in [-0.39, 0.29) is 23.0 Å². The van der Waals surface area contributed by atoms with Gasteiger partial charge in [-0.25, -0.2) is 4.98 Å². The standard InChI is InChI=1S/C17H15ClN4O3/c1-11-14(21-9-3-2-4-16(21)19-11)7-8-17(23)20-12-5-6-13(18)15(10-12)22(24)25/h2-6,9-10H,7-8H2,1H3,(H,20,23). The number of nitrogens with one attached hydrogen (secondary N) is 1. The van der Waals surface area contributed by atoms with Crippen molar-refractivity contribution >= 4 is 34.5 Å². The number of benzene rings is 1. The van der Waals surface area contributed by atoms with Gasteiger partial charge in [0.25, 0.3) is 5.69 Å². The Morgan fingerprint density at radius 3 is 2.92 bits per heavy atom. The maximum atomic E-state index is 12.2. The van der Waals surface area contributed by atoms with Crippen molar-refractivity contribution in [3.8, 4) is 0 Å². The van der Waals surface area contributed by atoms with Gasteiger partial charge in [0.15, 0.2) is 0 Å². The summed E-state index contributed by atoms with van der Waals surface area (Å²) in [6.07, 6.45) is 2.66. The van der Waals surface area contributed by atoms with E-state index in [2.05, 4.69) is 10.3 Å². The van der Waals surface area contributed by atoms with Crippen molar-refractivity contribution in [2.45, 2.75) is 19.8 Å². The first-order valence-corrected chi connectivity index (χ1v) is 8.00. The monoisotopic (exact) mass is 358 g/mol. The molecule has 0 saturated heterocycles. The van der Waals surface area contributed by atoms with E-state index in [1.165, 1.54) is 18.2 Å². The van der Waals surface area contributed by atoms with E-state index in [4.69, 9.17) is 11.6 Å². The Bertz CT molecular complexity index is 968. The SMILES string of the molecule is Cc1nc2ccccn2c1CCC(=O)Nc1ccc(Cl)c([N+](=O)[O-])c1. The number of carbonyl (C=O) groups is 1. The summed E-state index contributed by atoms with van der Waals surface area (Å²) < 4.78 is 1.95. The summed E-state index contributed by atoms with van der Waals surface area (Å²) in [7, 11) is 0.